The molecule has 2 aromatic carbocycles. The van der Waals surface area contributed by atoms with Crippen LogP contribution in [-0.4, -0.2) is 66.2 Å². The fraction of sp³-hybridized carbons (Fsp3) is 0.556. The van der Waals surface area contributed by atoms with Gasteiger partial charge in [-0.3, -0.25) is 9.18 Å². The summed E-state index contributed by atoms with van der Waals surface area (Å²) in [6.07, 6.45) is 5.26. The number of amides is 1. The number of phenolic OH excluding ortho intramolecular Hbond substituents is 1. The maximum absolute atomic E-state index is 14.0. The van der Waals surface area contributed by atoms with E-state index in [2.05, 4.69) is 18.4 Å². The number of alkyl halides is 1. The van der Waals surface area contributed by atoms with Crippen LogP contribution in [0.1, 0.15) is 89.6 Å². The van der Waals surface area contributed by atoms with Gasteiger partial charge in [-0.15, -0.1) is 0 Å². The van der Waals surface area contributed by atoms with E-state index >= 15 is 0 Å². The molecule has 1 amide bonds. The van der Waals surface area contributed by atoms with Crippen LogP contribution in [-0.2, 0) is 4.74 Å². The highest BCUT2D eigenvalue weighted by molar-refractivity contribution is 6.09. The summed E-state index contributed by atoms with van der Waals surface area (Å²) in [7, 11) is 0. The van der Waals surface area contributed by atoms with Crippen LogP contribution in [0.4, 0.5) is 4.39 Å². The highest BCUT2D eigenvalue weighted by Gasteiger charge is 2.41. The van der Waals surface area contributed by atoms with E-state index in [4.69, 9.17) is 9.73 Å². The first kappa shape index (κ1) is 34.1. The molecule has 1 N–H and O–H groups in total. The van der Waals surface area contributed by atoms with E-state index in [1.165, 1.54) is 12.8 Å². The molecule has 0 spiro atoms. The molecule has 1 aliphatic carbocycles. The molecule has 7 heteroatoms. The van der Waals surface area contributed by atoms with Crippen molar-refractivity contribution in [2.75, 3.05) is 39.5 Å². The Labute approximate surface area is 258 Å². The van der Waals surface area contributed by atoms with Gasteiger partial charge in [0.25, 0.3) is 5.91 Å². The van der Waals surface area contributed by atoms with Crippen molar-refractivity contribution in [1.82, 2.24) is 9.80 Å². The largest absolute Gasteiger partial charge is 0.508 e. The van der Waals surface area contributed by atoms with Gasteiger partial charge in [0, 0.05) is 42.6 Å². The molecule has 2 aromatic rings. The number of phenols is 1. The Hall–Kier alpha value is -3.35. The standard InChI is InChI=1S/C32H40FN3O3.2C2H6/c1-5-32(11-12-32)20-39-23(4)34-29-19-36(18-28(29)22(3)35-13-7-9-24(16-33)17-35)31(38)27-15-26(37)14-25-10-6-8-21(2)30(25)27;2*1-2/h6,8,10,14-15,24,37H,3,5,7,9,11-13,16-20H2,1-2,4H3;2*1-2H3. The number of hydrogen-bond donors (Lipinski definition) is 1. The smallest absolute Gasteiger partial charge is 0.255 e. The van der Waals surface area contributed by atoms with Gasteiger partial charge >= 0.3 is 0 Å². The first-order chi connectivity index (χ1) is 20.7. The predicted octanol–water partition coefficient (Wildman–Crippen LogP) is 8.44. The van der Waals surface area contributed by atoms with Crippen molar-refractivity contribution in [1.29, 1.82) is 0 Å². The number of fused-ring (bicyclic) bond motifs is 1. The molecule has 6 nitrogen and oxygen atoms in total. The molecule has 236 valence electrons. The topological polar surface area (TPSA) is 65.4 Å². The second-order valence-electron chi connectivity index (χ2n) is 11.6. The van der Waals surface area contributed by atoms with Crippen molar-refractivity contribution in [2.45, 2.75) is 80.6 Å². The summed E-state index contributed by atoms with van der Waals surface area (Å²) in [5, 5.41) is 12.1. The van der Waals surface area contributed by atoms with Gasteiger partial charge in [-0.1, -0.05) is 59.4 Å². The zero-order valence-electron chi connectivity index (χ0n) is 27.4. The molecule has 0 radical (unpaired) electrons. The molecule has 2 heterocycles. The molecular formula is C36H52FN3O3. The maximum Gasteiger partial charge on any atom is 0.255 e. The molecule has 2 fully saturated rings. The lowest BCUT2D eigenvalue weighted by Gasteiger charge is -2.35. The number of benzene rings is 2. The zero-order valence-corrected chi connectivity index (χ0v) is 27.4. The molecule has 1 unspecified atom stereocenters. The highest BCUT2D eigenvalue weighted by atomic mass is 19.1. The molecule has 0 bridgehead atoms. The first-order valence-corrected chi connectivity index (χ1v) is 16.2. The Morgan fingerprint density at radius 1 is 1.16 bits per heavy atom. The van der Waals surface area contributed by atoms with Crippen molar-refractivity contribution in [2.24, 2.45) is 16.3 Å². The summed E-state index contributed by atoms with van der Waals surface area (Å²) in [6.45, 7) is 20.9. The summed E-state index contributed by atoms with van der Waals surface area (Å²) in [6, 6.07) is 9.05. The van der Waals surface area contributed by atoms with Crippen LogP contribution in [0.25, 0.3) is 10.8 Å². The third-order valence-electron chi connectivity index (χ3n) is 8.78. The number of carbonyl (C=O) groups is 1. The minimum absolute atomic E-state index is 0.00216. The molecule has 5 rings (SSSR count). The monoisotopic (exact) mass is 593 g/mol. The zero-order chi connectivity index (χ0) is 31.7. The van der Waals surface area contributed by atoms with Crippen molar-refractivity contribution < 1.29 is 19.0 Å². The summed E-state index contributed by atoms with van der Waals surface area (Å²) < 4.78 is 19.6. The quantitative estimate of drug-likeness (QED) is 0.246. The Balaban J connectivity index is 0.00000121. The number of likely N-dealkylation sites (tertiary alicyclic amines) is 1. The number of carbonyl (C=O) groups excluding carboxylic acids is 1. The van der Waals surface area contributed by atoms with E-state index < -0.39 is 0 Å². The van der Waals surface area contributed by atoms with Crippen molar-refractivity contribution >= 4 is 22.6 Å². The lowest BCUT2D eigenvalue weighted by Crippen LogP contribution is -2.36. The summed E-state index contributed by atoms with van der Waals surface area (Å²) in [5.41, 5.74) is 4.18. The predicted molar refractivity (Wildman–Crippen MR) is 176 cm³/mol. The van der Waals surface area contributed by atoms with Gasteiger partial charge in [0.05, 0.1) is 37.6 Å². The molecule has 1 saturated carbocycles. The van der Waals surface area contributed by atoms with Gasteiger partial charge in [-0.05, 0) is 67.5 Å². The minimum Gasteiger partial charge on any atom is -0.508 e. The third-order valence-corrected chi connectivity index (χ3v) is 8.78. The first-order valence-electron chi connectivity index (χ1n) is 16.2. The average Bonchev–Trinajstić information content (AvgIpc) is 3.71. The second-order valence-corrected chi connectivity index (χ2v) is 11.6. The molecule has 0 aromatic heterocycles. The average molecular weight is 594 g/mol. The number of piperidine rings is 1. The maximum atomic E-state index is 14.0. The number of ether oxygens (including phenoxy) is 1. The Bertz CT molecular complexity index is 1340. The summed E-state index contributed by atoms with van der Waals surface area (Å²) >= 11 is 0. The van der Waals surface area contributed by atoms with Gasteiger partial charge < -0.3 is 19.6 Å². The van der Waals surface area contributed by atoms with Gasteiger partial charge in [-0.2, -0.15) is 0 Å². The number of hydrogen-bond acceptors (Lipinski definition) is 5. The van der Waals surface area contributed by atoms with Crippen LogP contribution in [0.15, 0.2) is 58.9 Å². The van der Waals surface area contributed by atoms with Crippen molar-refractivity contribution in [3.63, 3.8) is 0 Å². The number of aliphatic imine (C=N–C) groups is 1. The van der Waals surface area contributed by atoms with E-state index in [1.54, 1.807) is 17.0 Å². The molecule has 2 aliphatic heterocycles. The van der Waals surface area contributed by atoms with Gasteiger partial charge in [0.2, 0.25) is 0 Å². The summed E-state index contributed by atoms with van der Waals surface area (Å²) in [4.78, 5) is 22.7. The lowest BCUT2D eigenvalue weighted by atomic mass is 9.98. The lowest BCUT2D eigenvalue weighted by molar-refractivity contribution is 0.0796. The van der Waals surface area contributed by atoms with Crippen molar-refractivity contribution in [3.05, 3.63) is 65.0 Å². The normalized spacial score (nSPS) is 19.3. The highest BCUT2D eigenvalue weighted by Crippen LogP contribution is 2.48. The second kappa shape index (κ2) is 15.4. The fourth-order valence-electron chi connectivity index (χ4n) is 5.94. The van der Waals surface area contributed by atoms with Crippen LogP contribution in [0.3, 0.4) is 0 Å². The molecule has 1 atom stereocenters. The fourth-order valence-corrected chi connectivity index (χ4v) is 5.94. The summed E-state index contributed by atoms with van der Waals surface area (Å²) in [5.74, 6) is 0.481. The number of aromatic hydroxyl groups is 1. The SMILES string of the molecule is C=C(C1=C(N=C(C)OCC2(CC)CC2)CN(C(=O)c2cc(O)cc3cccc(C)c23)C1)N1CCCC(CF)C1.CC.CC. The van der Waals surface area contributed by atoms with Gasteiger partial charge in [0.15, 0.2) is 5.90 Å². The van der Waals surface area contributed by atoms with E-state index in [1.807, 2.05) is 59.7 Å². The Kier molecular flexibility index (Phi) is 12.2. The van der Waals surface area contributed by atoms with E-state index in [0.29, 0.717) is 37.7 Å². The molecular weight excluding hydrogens is 541 g/mol. The molecule has 1 saturated heterocycles. The third kappa shape index (κ3) is 7.98. The van der Waals surface area contributed by atoms with E-state index in [0.717, 1.165) is 59.1 Å². The van der Waals surface area contributed by atoms with Crippen LogP contribution in [0.5, 0.6) is 5.75 Å². The number of aryl methyl sites for hydroxylation is 1. The van der Waals surface area contributed by atoms with Gasteiger partial charge in [-0.25, -0.2) is 4.99 Å². The Morgan fingerprint density at radius 3 is 2.53 bits per heavy atom. The van der Waals surface area contributed by atoms with E-state index in [9.17, 15) is 14.3 Å². The van der Waals surface area contributed by atoms with Crippen LogP contribution < -0.4 is 0 Å². The number of halogens is 1. The molecule has 3 aliphatic rings. The van der Waals surface area contributed by atoms with Gasteiger partial charge in [0.1, 0.15) is 5.75 Å². The van der Waals surface area contributed by atoms with E-state index in [-0.39, 0.29) is 29.7 Å². The Morgan fingerprint density at radius 2 is 1.88 bits per heavy atom. The van der Waals surface area contributed by atoms with Crippen LogP contribution >= 0.6 is 0 Å². The van der Waals surface area contributed by atoms with Crippen LogP contribution in [0.2, 0.25) is 0 Å². The van der Waals surface area contributed by atoms with Crippen molar-refractivity contribution in [3.8, 4) is 5.75 Å². The minimum atomic E-state index is -0.339. The van der Waals surface area contributed by atoms with Crippen LogP contribution in [0, 0.1) is 18.3 Å². The number of nitrogens with zero attached hydrogens (tertiary/aromatic N) is 3. The molecule has 43 heavy (non-hydrogen) atoms. The number of rotatable bonds is 8.